The van der Waals surface area contributed by atoms with Crippen LogP contribution in [0.25, 0.3) is 16.7 Å². The van der Waals surface area contributed by atoms with Crippen molar-refractivity contribution in [3.05, 3.63) is 124 Å². The van der Waals surface area contributed by atoms with E-state index in [0.29, 0.717) is 17.5 Å². The molecule has 0 aliphatic heterocycles. The molecule has 0 heterocycles. The molecule has 0 fully saturated rings. The number of benzene rings is 3. The second-order valence-electron chi connectivity index (χ2n) is 9.39. The lowest BCUT2D eigenvalue weighted by molar-refractivity contribution is -0.331. The summed E-state index contributed by atoms with van der Waals surface area (Å²) >= 11 is 0. The van der Waals surface area contributed by atoms with E-state index in [9.17, 15) is 26.3 Å². The van der Waals surface area contributed by atoms with Crippen LogP contribution in [-0.4, -0.2) is 12.7 Å². The van der Waals surface area contributed by atoms with Crippen molar-refractivity contribution in [3.63, 3.8) is 0 Å². The van der Waals surface area contributed by atoms with Crippen LogP contribution in [0.5, 0.6) is 0 Å². The summed E-state index contributed by atoms with van der Waals surface area (Å²) in [6, 6.07) is 18.0. The van der Waals surface area contributed by atoms with Gasteiger partial charge in [-0.25, -0.2) is 0 Å². The van der Waals surface area contributed by atoms with Gasteiger partial charge in [0.15, 0.2) is 0 Å². The maximum atomic E-state index is 12.9. The molecule has 3 aromatic carbocycles. The summed E-state index contributed by atoms with van der Waals surface area (Å²) in [5.74, 6) is 0. The van der Waals surface area contributed by atoms with Crippen LogP contribution >= 0.6 is 0 Å². The lowest BCUT2D eigenvalue weighted by Gasteiger charge is -2.32. The summed E-state index contributed by atoms with van der Waals surface area (Å²) in [6.07, 6.45) is -0.814. The third-order valence-electron chi connectivity index (χ3n) is 7.23. The van der Waals surface area contributed by atoms with Crippen LogP contribution < -0.4 is 0 Å². The van der Waals surface area contributed by atoms with Crippen molar-refractivity contribution < 1.29 is 35.8 Å². The van der Waals surface area contributed by atoms with E-state index in [-0.39, 0.29) is 0 Å². The molecule has 8 heteroatoms. The summed E-state index contributed by atoms with van der Waals surface area (Å²) in [4.78, 5) is 0. The van der Waals surface area contributed by atoms with E-state index in [1.165, 1.54) is 0 Å². The summed E-state index contributed by atoms with van der Waals surface area (Å²) in [5, 5.41) is 0. The molecule has 0 saturated heterocycles. The topological polar surface area (TPSA) is 18.5 Å². The molecule has 3 aliphatic carbocycles. The van der Waals surface area contributed by atoms with Crippen LogP contribution in [0.3, 0.4) is 0 Å². The molecule has 0 saturated carbocycles. The highest BCUT2D eigenvalue weighted by Crippen LogP contribution is 2.62. The van der Waals surface area contributed by atoms with Gasteiger partial charge in [0, 0.05) is 0 Å². The number of rotatable bonds is 4. The van der Waals surface area contributed by atoms with E-state index >= 15 is 0 Å². The summed E-state index contributed by atoms with van der Waals surface area (Å²) in [7, 11) is 0. The maximum Gasteiger partial charge on any atom is 0.522 e. The zero-order chi connectivity index (χ0) is 26.7. The number of halogens is 6. The van der Waals surface area contributed by atoms with Crippen LogP contribution in [0.1, 0.15) is 39.8 Å². The van der Waals surface area contributed by atoms with E-state index in [1.54, 1.807) is 36.4 Å². The smallest absolute Gasteiger partial charge is 0.287 e. The summed E-state index contributed by atoms with van der Waals surface area (Å²) in [5.41, 5.74) is 6.70. The standard InChI is InChI=1S/C30H20F6O2/c31-29(32,33)37-16-18-10-12-22-20-6-2-1-3-8-24(20)28(26(22)14-18)25-9-5-4-7-21(25)23-13-11-19(15-27(23)28)17-38-30(34,35)36/h2-15H,1,16-17H2. The zero-order valence-electron chi connectivity index (χ0n) is 19.8. The molecule has 1 atom stereocenters. The molecule has 1 spiro atoms. The molecule has 38 heavy (non-hydrogen) atoms. The normalized spacial score (nSPS) is 19.4. The number of hydrogen-bond acceptors (Lipinski definition) is 2. The van der Waals surface area contributed by atoms with Crippen molar-refractivity contribution >= 4 is 5.57 Å². The fraction of sp³-hybridized carbons (Fsp3) is 0.200. The van der Waals surface area contributed by atoms with E-state index in [2.05, 4.69) is 9.47 Å². The third-order valence-corrected chi connectivity index (χ3v) is 7.23. The molecular formula is C30H20F6O2. The van der Waals surface area contributed by atoms with Gasteiger partial charge in [-0.05, 0) is 62.1 Å². The van der Waals surface area contributed by atoms with Crippen LogP contribution in [0, 0.1) is 0 Å². The first-order chi connectivity index (χ1) is 18.1. The molecule has 194 valence electrons. The van der Waals surface area contributed by atoms with Gasteiger partial charge < -0.3 is 0 Å². The average molecular weight is 526 g/mol. The molecule has 1 unspecified atom stereocenters. The highest BCUT2D eigenvalue weighted by Gasteiger charge is 2.52. The minimum atomic E-state index is -4.78. The first-order valence-electron chi connectivity index (χ1n) is 11.9. The third kappa shape index (κ3) is 3.99. The molecule has 6 rings (SSSR count). The molecule has 0 radical (unpaired) electrons. The summed E-state index contributed by atoms with van der Waals surface area (Å²) in [6.45, 7) is -1.31. The predicted octanol–water partition coefficient (Wildman–Crippen LogP) is 8.36. The number of fused-ring (bicyclic) bond motifs is 9. The van der Waals surface area contributed by atoms with E-state index < -0.39 is 31.4 Å². The van der Waals surface area contributed by atoms with Gasteiger partial charge in [-0.15, -0.1) is 26.3 Å². The Morgan fingerprint density at radius 3 is 1.84 bits per heavy atom. The Bertz CT molecular complexity index is 1530. The van der Waals surface area contributed by atoms with Gasteiger partial charge in [-0.2, -0.15) is 0 Å². The van der Waals surface area contributed by atoms with Crippen LogP contribution in [0.15, 0.2) is 90.5 Å². The Labute approximate surface area is 214 Å². The minimum Gasteiger partial charge on any atom is -0.287 e. The van der Waals surface area contributed by atoms with Gasteiger partial charge in [0.2, 0.25) is 0 Å². The maximum absolute atomic E-state index is 12.9. The first kappa shape index (κ1) is 24.7. The van der Waals surface area contributed by atoms with Gasteiger partial charge in [-0.3, -0.25) is 9.47 Å². The number of allylic oxidation sites excluding steroid dienone is 6. The van der Waals surface area contributed by atoms with Gasteiger partial charge in [0.1, 0.15) is 0 Å². The van der Waals surface area contributed by atoms with Gasteiger partial charge >= 0.3 is 12.7 Å². The minimum absolute atomic E-state index is 0.341. The van der Waals surface area contributed by atoms with Crippen molar-refractivity contribution in [2.75, 3.05) is 0 Å². The van der Waals surface area contributed by atoms with Gasteiger partial charge in [-0.1, -0.05) is 85.0 Å². The molecule has 3 aromatic rings. The highest BCUT2D eigenvalue weighted by molar-refractivity contribution is 5.98. The first-order valence-corrected chi connectivity index (χ1v) is 11.9. The average Bonchev–Trinajstić information content (AvgIpc) is 3.16. The Morgan fingerprint density at radius 1 is 0.632 bits per heavy atom. The van der Waals surface area contributed by atoms with E-state index in [4.69, 9.17) is 0 Å². The quantitative estimate of drug-likeness (QED) is 0.318. The number of hydrogen-bond donors (Lipinski definition) is 0. The second kappa shape index (κ2) is 8.71. The molecular weight excluding hydrogens is 506 g/mol. The van der Waals surface area contributed by atoms with Gasteiger partial charge in [0.05, 0.1) is 18.6 Å². The Hall–Kier alpha value is -3.62. The van der Waals surface area contributed by atoms with Crippen molar-refractivity contribution in [2.45, 2.75) is 37.8 Å². The number of alkyl halides is 6. The largest absolute Gasteiger partial charge is 0.522 e. The predicted molar refractivity (Wildman–Crippen MR) is 130 cm³/mol. The Balaban J connectivity index is 1.61. The molecule has 0 aromatic heterocycles. The Kier molecular flexibility index (Phi) is 5.66. The van der Waals surface area contributed by atoms with Crippen LogP contribution in [0.4, 0.5) is 26.3 Å². The molecule has 0 amide bonds. The monoisotopic (exact) mass is 526 g/mol. The lowest BCUT2D eigenvalue weighted by atomic mass is 9.69. The zero-order valence-corrected chi connectivity index (χ0v) is 19.8. The van der Waals surface area contributed by atoms with E-state index in [1.807, 2.05) is 48.6 Å². The van der Waals surface area contributed by atoms with Crippen LogP contribution in [-0.2, 0) is 28.1 Å². The molecule has 0 N–H and O–H groups in total. The fourth-order valence-corrected chi connectivity index (χ4v) is 5.89. The van der Waals surface area contributed by atoms with Crippen LogP contribution in [0.2, 0.25) is 0 Å². The fourth-order valence-electron chi connectivity index (χ4n) is 5.89. The van der Waals surface area contributed by atoms with Crippen molar-refractivity contribution in [1.29, 1.82) is 0 Å². The lowest BCUT2D eigenvalue weighted by Crippen LogP contribution is -2.27. The molecule has 2 nitrogen and oxygen atoms in total. The SMILES string of the molecule is FC(F)(F)OCc1ccc2c(c1)C1(C3=C2C=CCC=C3)c2ccccc2-c2ccc(COC(F)(F)F)cc21. The van der Waals surface area contributed by atoms with Crippen molar-refractivity contribution in [3.8, 4) is 11.1 Å². The van der Waals surface area contributed by atoms with Crippen molar-refractivity contribution in [1.82, 2.24) is 0 Å². The van der Waals surface area contributed by atoms with Crippen molar-refractivity contribution in [2.24, 2.45) is 0 Å². The Morgan fingerprint density at radius 2 is 1.18 bits per heavy atom. The number of ether oxygens (including phenoxy) is 2. The molecule has 3 aliphatic rings. The highest BCUT2D eigenvalue weighted by atomic mass is 19.4. The second-order valence-corrected chi connectivity index (χ2v) is 9.39. The van der Waals surface area contributed by atoms with Gasteiger partial charge in [0.25, 0.3) is 0 Å². The molecule has 0 bridgehead atoms. The summed E-state index contributed by atoms with van der Waals surface area (Å²) < 4.78 is 85.3. The van der Waals surface area contributed by atoms with E-state index in [0.717, 1.165) is 44.5 Å².